The molecule has 1 fully saturated rings. The summed E-state index contributed by atoms with van der Waals surface area (Å²) in [4.78, 5) is 37.9. The first-order chi connectivity index (χ1) is 12.9. The highest BCUT2D eigenvalue weighted by Crippen LogP contribution is 2.40. The predicted octanol–water partition coefficient (Wildman–Crippen LogP) is 2.75. The lowest BCUT2D eigenvalue weighted by molar-refractivity contribution is -0.384. The Morgan fingerprint density at radius 2 is 1.93 bits per heavy atom. The van der Waals surface area contributed by atoms with Gasteiger partial charge in [-0.3, -0.25) is 10.1 Å². The van der Waals surface area contributed by atoms with E-state index >= 15 is 0 Å². The van der Waals surface area contributed by atoms with E-state index in [1.807, 2.05) is 6.92 Å². The van der Waals surface area contributed by atoms with Crippen LogP contribution >= 0.6 is 0 Å². The van der Waals surface area contributed by atoms with Crippen LogP contribution < -0.4 is 9.64 Å². The molecule has 10 heteroatoms. The molecule has 1 amide bonds. The van der Waals surface area contributed by atoms with Crippen LogP contribution in [0.3, 0.4) is 0 Å². The molecule has 0 spiro atoms. The van der Waals surface area contributed by atoms with Gasteiger partial charge in [0.25, 0.3) is 5.69 Å². The third-order valence-electron chi connectivity index (χ3n) is 4.29. The molecule has 154 valence electrons. The Balaban J connectivity index is 2.33. The molecule has 0 radical (unpaired) electrons. The number of hydrogen-bond donors (Lipinski definition) is 1. The smallest absolute Gasteiger partial charge is 0.410 e. The molecule has 1 saturated heterocycles. The third kappa shape index (κ3) is 4.62. The van der Waals surface area contributed by atoms with Crippen LogP contribution in [0, 0.1) is 10.1 Å². The quantitative estimate of drug-likeness (QED) is 0.610. The van der Waals surface area contributed by atoms with Gasteiger partial charge in [0.1, 0.15) is 11.4 Å². The number of benzene rings is 1. The lowest BCUT2D eigenvalue weighted by Crippen LogP contribution is -2.55. The summed E-state index contributed by atoms with van der Waals surface area (Å²) in [6, 6.07) is 2.01. The molecule has 10 nitrogen and oxygen atoms in total. The monoisotopic (exact) mass is 395 g/mol. The summed E-state index contributed by atoms with van der Waals surface area (Å²) in [5, 5.41) is 20.8. The van der Waals surface area contributed by atoms with Crippen LogP contribution in [0.5, 0.6) is 5.75 Å². The summed E-state index contributed by atoms with van der Waals surface area (Å²) in [6.45, 7) is 8.09. The number of aromatic carboxylic acids is 1. The molecule has 1 aromatic carbocycles. The van der Waals surface area contributed by atoms with Gasteiger partial charge in [0.05, 0.1) is 17.6 Å². The fourth-order valence-corrected chi connectivity index (χ4v) is 3.08. The Kier molecular flexibility index (Phi) is 6.01. The van der Waals surface area contributed by atoms with Crippen molar-refractivity contribution in [2.45, 2.75) is 39.3 Å². The molecule has 2 rings (SSSR count). The van der Waals surface area contributed by atoms with E-state index in [-0.39, 0.29) is 28.7 Å². The van der Waals surface area contributed by atoms with Crippen molar-refractivity contribution < 1.29 is 29.1 Å². The van der Waals surface area contributed by atoms with Gasteiger partial charge in [0.2, 0.25) is 0 Å². The number of carbonyl (C=O) groups excluding carboxylic acids is 1. The van der Waals surface area contributed by atoms with Crippen molar-refractivity contribution in [2.24, 2.45) is 0 Å². The number of carbonyl (C=O) groups is 2. The fraction of sp³-hybridized carbons (Fsp3) is 0.556. The maximum absolute atomic E-state index is 12.4. The first kappa shape index (κ1) is 21.3. The van der Waals surface area contributed by atoms with Gasteiger partial charge in [0, 0.05) is 31.7 Å². The SMILES string of the molecule is COc1cc(C(=O)O)cc([N+](=O)[O-])c1N1CCN(C(=O)OC(C)(C)C)C(C)C1. The van der Waals surface area contributed by atoms with Gasteiger partial charge in [-0.25, -0.2) is 9.59 Å². The summed E-state index contributed by atoms with van der Waals surface area (Å²) in [5.41, 5.74) is -1.00. The van der Waals surface area contributed by atoms with Crippen LogP contribution in [0.1, 0.15) is 38.1 Å². The zero-order valence-electron chi connectivity index (χ0n) is 16.6. The van der Waals surface area contributed by atoms with E-state index in [1.54, 1.807) is 30.6 Å². The van der Waals surface area contributed by atoms with Gasteiger partial charge in [-0.2, -0.15) is 0 Å². The summed E-state index contributed by atoms with van der Waals surface area (Å²) < 4.78 is 10.6. The number of carboxylic acids is 1. The lowest BCUT2D eigenvalue weighted by Gasteiger charge is -2.41. The molecule has 1 N–H and O–H groups in total. The van der Waals surface area contributed by atoms with E-state index in [2.05, 4.69) is 0 Å². The van der Waals surface area contributed by atoms with Crippen molar-refractivity contribution in [3.63, 3.8) is 0 Å². The second-order valence-electron chi connectivity index (χ2n) is 7.58. The van der Waals surface area contributed by atoms with Gasteiger partial charge in [-0.15, -0.1) is 0 Å². The Labute approximate surface area is 162 Å². The zero-order valence-corrected chi connectivity index (χ0v) is 16.6. The number of rotatable bonds is 4. The zero-order chi connectivity index (χ0) is 21.2. The van der Waals surface area contributed by atoms with Crippen molar-refractivity contribution in [3.8, 4) is 5.75 Å². The average Bonchev–Trinajstić information content (AvgIpc) is 2.58. The number of ether oxygens (including phenoxy) is 2. The predicted molar refractivity (Wildman–Crippen MR) is 101 cm³/mol. The standard InChI is InChI=1S/C18H25N3O7/c1-11-10-19(6-7-20(11)17(24)28-18(2,3)4)15-13(21(25)26)8-12(16(22)23)9-14(15)27-5/h8-9,11H,6-7,10H2,1-5H3,(H,22,23). The van der Waals surface area contributed by atoms with Crippen molar-refractivity contribution >= 4 is 23.4 Å². The van der Waals surface area contributed by atoms with Crippen LogP contribution in [0.4, 0.5) is 16.2 Å². The number of nitro groups is 1. The highest BCUT2D eigenvalue weighted by Gasteiger charge is 2.35. The summed E-state index contributed by atoms with van der Waals surface area (Å²) >= 11 is 0. The first-order valence-corrected chi connectivity index (χ1v) is 8.79. The van der Waals surface area contributed by atoms with Crippen LogP contribution in [0.25, 0.3) is 0 Å². The molecule has 0 saturated carbocycles. The second kappa shape index (κ2) is 7.91. The lowest BCUT2D eigenvalue weighted by atomic mass is 10.1. The molecule has 0 aliphatic carbocycles. The minimum atomic E-state index is -1.28. The van der Waals surface area contributed by atoms with Gasteiger partial charge >= 0.3 is 12.1 Å². The van der Waals surface area contributed by atoms with E-state index in [1.165, 1.54) is 13.2 Å². The molecule has 1 atom stereocenters. The minimum Gasteiger partial charge on any atom is -0.494 e. The number of carboxylic acid groups (broad SMARTS) is 1. The van der Waals surface area contributed by atoms with E-state index in [0.717, 1.165) is 6.07 Å². The van der Waals surface area contributed by atoms with E-state index in [9.17, 15) is 24.8 Å². The van der Waals surface area contributed by atoms with Gasteiger partial charge in [0.15, 0.2) is 5.69 Å². The molecule has 0 bridgehead atoms. The molecule has 28 heavy (non-hydrogen) atoms. The van der Waals surface area contributed by atoms with Crippen molar-refractivity contribution in [1.29, 1.82) is 0 Å². The fourth-order valence-electron chi connectivity index (χ4n) is 3.08. The summed E-state index contributed by atoms with van der Waals surface area (Å²) in [5.74, 6) is -1.18. The van der Waals surface area contributed by atoms with E-state index < -0.39 is 22.6 Å². The molecule has 1 aromatic rings. The van der Waals surface area contributed by atoms with Crippen molar-refractivity contribution in [1.82, 2.24) is 4.90 Å². The second-order valence-corrected chi connectivity index (χ2v) is 7.58. The van der Waals surface area contributed by atoms with Crippen LogP contribution in [0.2, 0.25) is 0 Å². The molecule has 1 aliphatic heterocycles. The number of amides is 1. The average molecular weight is 395 g/mol. The molecule has 1 unspecified atom stereocenters. The largest absolute Gasteiger partial charge is 0.494 e. The number of piperazine rings is 1. The Bertz CT molecular complexity index is 788. The Morgan fingerprint density at radius 3 is 2.39 bits per heavy atom. The number of anilines is 1. The number of nitrogens with zero attached hydrogens (tertiary/aromatic N) is 3. The minimum absolute atomic E-state index is 0.101. The Hall–Kier alpha value is -3.04. The maximum Gasteiger partial charge on any atom is 0.410 e. The van der Waals surface area contributed by atoms with Crippen molar-refractivity contribution in [2.75, 3.05) is 31.6 Å². The van der Waals surface area contributed by atoms with Crippen molar-refractivity contribution in [3.05, 3.63) is 27.8 Å². The molecular formula is C18H25N3O7. The highest BCUT2D eigenvalue weighted by atomic mass is 16.6. The number of methoxy groups -OCH3 is 1. The summed E-state index contributed by atoms with van der Waals surface area (Å²) in [7, 11) is 1.33. The summed E-state index contributed by atoms with van der Waals surface area (Å²) in [6.07, 6.45) is -0.442. The molecule has 1 aliphatic rings. The molecular weight excluding hydrogens is 370 g/mol. The van der Waals surface area contributed by atoms with Crippen LogP contribution in [0.15, 0.2) is 12.1 Å². The van der Waals surface area contributed by atoms with E-state index in [0.29, 0.717) is 19.6 Å². The van der Waals surface area contributed by atoms with Gasteiger partial charge in [-0.1, -0.05) is 0 Å². The normalized spacial score (nSPS) is 17.2. The number of hydrogen-bond acceptors (Lipinski definition) is 7. The number of nitro benzene ring substituents is 1. The van der Waals surface area contributed by atoms with Gasteiger partial charge < -0.3 is 24.4 Å². The molecule has 1 heterocycles. The topological polar surface area (TPSA) is 122 Å². The molecule has 0 aromatic heterocycles. The highest BCUT2D eigenvalue weighted by molar-refractivity contribution is 5.91. The third-order valence-corrected chi connectivity index (χ3v) is 4.29. The van der Waals surface area contributed by atoms with Crippen LogP contribution in [-0.4, -0.2) is 65.4 Å². The van der Waals surface area contributed by atoms with E-state index in [4.69, 9.17) is 9.47 Å². The first-order valence-electron chi connectivity index (χ1n) is 8.79. The van der Waals surface area contributed by atoms with Gasteiger partial charge in [-0.05, 0) is 33.8 Å². The maximum atomic E-state index is 12.4. The Morgan fingerprint density at radius 1 is 1.29 bits per heavy atom. The van der Waals surface area contributed by atoms with Crippen LogP contribution in [-0.2, 0) is 4.74 Å².